The zero-order chi connectivity index (χ0) is 23.2. The Balaban J connectivity index is 1.47. The molecule has 3 aromatic rings. The highest BCUT2D eigenvalue weighted by molar-refractivity contribution is 5.96. The molecule has 3 N–H and O–H groups in total. The minimum atomic E-state index is -0.781. The van der Waals surface area contributed by atoms with Crippen LogP contribution in [-0.2, 0) is 0 Å². The molecule has 2 amide bonds. The fourth-order valence-corrected chi connectivity index (χ4v) is 4.13. The van der Waals surface area contributed by atoms with Crippen molar-refractivity contribution in [1.29, 1.82) is 0 Å². The van der Waals surface area contributed by atoms with Crippen LogP contribution in [0.2, 0.25) is 0 Å². The van der Waals surface area contributed by atoms with Crippen LogP contribution in [0.4, 0.5) is 4.39 Å². The standard InChI is InChI=1S/C26H26FN3O3/c27-23-15-18(17-10-12-28-13-11-17)8-9-22(23)26(33)30-24(16-31)19-4-3-5-20(14-19)25(32)29-21-6-1-2-7-21/h3-5,8-15,21,24,31H,1-2,6-7,16H2,(H,29,32)(H,30,33)/t24-/m1/s1. The normalized spacial score (nSPS) is 14.6. The second-order valence-corrected chi connectivity index (χ2v) is 8.22. The fraction of sp³-hybridized carbons (Fsp3) is 0.269. The first-order valence-corrected chi connectivity index (χ1v) is 11.1. The molecule has 2 aromatic carbocycles. The molecule has 0 unspecified atom stereocenters. The first-order valence-electron chi connectivity index (χ1n) is 11.1. The molecule has 6 nitrogen and oxygen atoms in total. The van der Waals surface area contributed by atoms with Gasteiger partial charge in [-0.2, -0.15) is 0 Å². The number of rotatable bonds is 7. The van der Waals surface area contributed by atoms with E-state index in [0.29, 0.717) is 16.7 Å². The largest absolute Gasteiger partial charge is 0.394 e. The molecule has 1 aromatic heterocycles. The lowest BCUT2D eigenvalue weighted by atomic mass is 10.0. The maximum absolute atomic E-state index is 14.7. The van der Waals surface area contributed by atoms with E-state index < -0.39 is 24.4 Å². The minimum Gasteiger partial charge on any atom is -0.394 e. The molecule has 1 fully saturated rings. The number of aliphatic hydroxyl groups is 1. The van der Waals surface area contributed by atoms with Crippen LogP contribution in [0.5, 0.6) is 0 Å². The van der Waals surface area contributed by atoms with E-state index in [4.69, 9.17) is 0 Å². The molecule has 1 atom stereocenters. The van der Waals surface area contributed by atoms with Gasteiger partial charge in [-0.25, -0.2) is 4.39 Å². The van der Waals surface area contributed by atoms with Crippen molar-refractivity contribution in [2.75, 3.05) is 6.61 Å². The third kappa shape index (κ3) is 5.43. The van der Waals surface area contributed by atoms with Gasteiger partial charge in [0.25, 0.3) is 11.8 Å². The minimum absolute atomic E-state index is 0.124. The Kier molecular flexibility index (Phi) is 7.10. The summed E-state index contributed by atoms with van der Waals surface area (Å²) < 4.78 is 14.7. The van der Waals surface area contributed by atoms with Crippen LogP contribution in [0.1, 0.15) is 58.0 Å². The van der Waals surface area contributed by atoms with E-state index in [0.717, 1.165) is 31.2 Å². The van der Waals surface area contributed by atoms with Gasteiger partial charge in [-0.15, -0.1) is 0 Å². The van der Waals surface area contributed by atoms with Crippen LogP contribution in [-0.4, -0.2) is 34.6 Å². The van der Waals surface area contributed by atoms with Crippen LogP contribution in [0.3, 0.4) is 0 Å². The van der Waals surface area contributed by atoms with Crippen molar-refractivity contribution in [2.24, 2.45) is 0 Å². The number of pyridine rings is 1. The molecule has 1 aliphatic carbocycles. The van der Waals surface area contributed by atoms with Gasteiger partial charge in [-0.3, -0.25) is 14.6 Å². The number of hydrogen-bond donors (Lipinski definition) is 3. The fourth-order valence-electron chi connectivity index (χ4n) is 4.13. The highest BCUT2D eigenvalue weighted by Gasteiger charge is 2.21. The monoisotopic (exact) mass is 447 g/mol. The molecule has 7 heteroatoms. The summed E-state index contributed by atoms with van der Waals surface area (Å²) in [5.41, 5.74) is 2.32. The number of carbonyl (C=O) groups excluding carboxylic acids is 2. The lowest BCUT2D eigenvalue weighted by Gasteiger charge is -2.18. The topological polar surface area (TPSA) is 91.3 Å². The maximum Gasteiger partial charge on any atom is 0.254 e. The number of benzene rings is 2. The number of nitrogens with one attached hydrogen (secondary N) is 2. The zero-order valence-electron chi connectivity index (χ0n) is 18.1. The van der Waals surface area contributed by atoms with Gasteiger partial charge in [-0.05, 0) is 65.9 Å². The van der Waals surface area contributed by atoms with Crippen molar-refractivity contribution in [3.8, 4) is 11.1 Å². The Morgan fingerprint density at radius 2 is 1.76 bits per heavy atom. The van der Waals surface area contributed by atoms with Crippen molar-refractivity contribution in [2.45, 2.75) is 37.8 Å². The van der Waals surface area contributed by atoms with Gasteiger partial charge < -0.3 is 15.7 Å². The third-order valence-corrected chi connectivity index (χ3v) is 5.96. The molecule has 1 saturated carbocycles. The number of nitrogens with zero attached hydrogens (tertiary/aromatic N) is 1. The van der Waals surface area contributed by atoms with Gasteiger partial charge in [-0.1, -0.05) is 31.0 Å². The van der Waals surface area contributed by atoms with E-state index >= 15 is 0 Å². The summed E-state index contributed by atoms with van der Waals surface area (Å²) in [6.45, 7) is -0.393. The van der Waals surface area contributed by atoms with Crippen molar-refractivity contribution in [3.05, 3.63) is 89.5 Å². The molecule has 1 heterocycles. The van der Waals surface area contributed by atoms with E-state index in [1.165, 1.54) is 12.1 Å². The number of hydrogen-bond acceptors (Lipinski definition) is 4. The number of aliphatic hydroxyl groups excluding tert-OH is 1. The van der Waals surface area contributed by atoms with Crippen LogP contribution in [0.15, 0.2) is 67.0 Å². The molecular formula is C26H26FN3O3. The maximum atomic E-state index is 14.7. The quantitative estimate of drug-likeness (QED) is 0.510. The zero-order valence-corrected chi connectivity index (χ0v) is 18.1. The molecule has 0 radical (unpaired) electrons. The Morgan fingerprint density at radius 1 is 1.00 bits per heavy atom. The predicted molar refractivity (Wildman–Crippen MR) is 123 cm³/mol. The van der Waals surface area contributed by atoms with Gasteiger partial charge in [0.05, 0.1) is 18.2 Å². The molecule has 4 rings (SSSR count). The van der Waals surface area contributed by atoms with E-state index in [2.05, 4.69) is 15.6 Å². The van der Waals surface area contributed by atoms with E-state index in [9.17, 15) is 19.1 Å². The van der Waals surface area contributed by atoms with Gasteiger partial charge in [0.2, 0.25) is 0 Å². The van der Waals surface area contributed by atoms with Crippen molar-refractivity contribution >= 4 is 11.8 Å². The summed E-state index contributed by atoms with van der Waals surface area (Å²) in [4.78, 5) is 29.3. The Hall–Kier alpha value is -3.58. The molecule has 0 saturated heterocycles. The number of aromatic nitrogens is 1. The van der Waals surface area contributed by atoms with Crippen LogP contribution in [0.25, 0.3) is 11.1 Å². The molecule has 0 bridgehead atoms. The average Bonchev–Trinajstić information content (AvgIpc) is 3.36. The van der Waals surface area contributed by atoms with Crippen LogP contribution >= 0.6 is 0 Å². The lowest BCUT2D eigenvalue weighted by molar-refractivity contribution is 0.0911. The predicted octanol–water partition coefficient (Wildman–Crippen LogP) is 4.02. The first kappa shape index (κ1) is 22.6. The average molecular weight is 448 g/mol. The molecule has 170 valence electrons. The second kappa shape index (κ2) is 10.4. The van der Waals surface area contributed by atoms with Gasteiger partial charge >= 0.3 is 0 Å². The van der Waals surface area contributed by atoms with Crippen LogP contribution in [0, 0.1) is 5.82 Å². The molecule has 1 aliphatic rings. The van der Waals surface area contributed by atoms with Gasteiger partial charge in [0.15, 0.2) is 0 Å². The first-order chi connectivity index (χ1) is 16.0. The summed E-state index contributed by atoms with van der Waals surface area (Å²) in [6.07, 6.45) is 7.41. The van der Waals surface area contributed by atoms with Gasteiger partial charge in [0.1, 0.15) is 5.82 Å². The van der Waals surface area contributed by atoms with Crippen molar-refractivity contribution in [3.63, 3.8) is 0 Å². The third-order valence-electron chi connectivity index (χ3n) is 5.96. The summed E-state index contributed by atoms with van der Waals surface area (Å²) in [7, 11) is 0. The molecular weight excluding hydrogens is 421 g/mol. The summed E-state index contributed by atoms with van der Waals surface area (Å²) in [5, 5.41) is 15.6. The number of amides is 2. The molecule has 33 heavy (non-hydrogen) atoms. The Bertz CT molecular complexity index is 1130. The SMILES string of the molecule is O=C(NC1CCCC1)c1cccc([C@@H](CO)NC(=O)c2ccc(-c3ccncc3)cc2F)c1. The lowest BCUT2D eigenvalue weighted by Crippen LogP contribution is -2.33. The van der Waals surface area contributed by atoms with E-state index in [1.54, 1.807) is 54.9 Å². The molecule has 0 spiro atoms. The van der Waals surface area contributed by atoms with Crippen molar-refractivity contribution < 1.29 is 19.1 Å². The van der Waals surface area contributed by atoms with E-state index in [-0.39, 0.29) is 17.5 Å². The number of halogens is 1. The van der Waals surface area contributed by atoms with Crippen molar-refractivity contribution in [1.82, 2.24) is 15.6 Å². The summed E-state index contributed by atoms with van der Waals surface area (Å²) >= 11 is 0. The second-order valence-electron chi connectivity index (χ2n) is 8.22. The summed E-state index contributed by atoms with van der Waals surface area (Å²) in [6, 6.07) is 14.1. The van der Waals surface area contributed by atoms with E-state index in [1.807, 2.05) is 0 Å². The molecule has 0 aliphatic heterocycles. The Labute approximate surface area is 191 Å². The smallest absolute Gasteiger partial charge is 0.254 e. The van der Waals surface area contributed by atoms with Crippen LogP contribution < -0.4 is 10.6 Å². The Morgan fingerprint density at radius 3 is 2.45 bits per heavy atom. The highest BCUT2D eigenvalue weighted by atomic mass is 19.1. The van der Waals surface area contributed by atoms with Gasteiger partial charge in [0, 0.05) is 24.0 Å². The highest BCUT2D eigenvalue weighted by Crippen LogP contribution is 2.23. The number of carbonyl (C=O) groups is 2. The summed E-state index contributed by atoms with van der Waals surface area (Å²) in [5.74, 6) is -1.48.